The van der Waals surface area contributed by atoms with Gasteiger partial charge in [-0.25, -0.2) is 0 Å². The number of aliphatic hydroxyl groups is 1. The molecular formula is C19H21NO. The summed E-state index contributed by atoms with van der Waals surface area (Å²) in [6.45, 7) is 8.28. The lowest BCUT2D eigenvalue weighted by molar-refractivity contribution is 0.102. The largest absolute Gasteiger partial charge is 0.381 e. The first-order valence-corrected chi connectivity index (χ1v) is 7.09. The molecule has 0 aliphatic carbocycles. The first-order chi connectivity index (χ1) is 9.75. The first kappa shape index (κ1) is 15.3. The Morgan fingerprint density at radius 2 is 1.14 bits per heavy atom. The molecule has 0 aromatic heterocycles. The predicted octanol–water partition coefficient (Wildman–Crippen LogP) is 4.11. The fourth-order valence-corrected chi connectivity index (χ4v) is 2.33. The van der Waals surface area contributed by atoms with E-state index in [1.54, 1.807) is 31.2 Å². The maximum Gasteiger partial charge on any atom is 0.112 e. The molecule has 0 bridgehead atoms. The van der Waals surface area contributed by atoms with E-state index in [0.29, 0.717) is 5.56 Å². The van der Waals surface area contributed by atoms with E-state index in [1.807, 2.05) is 12.1 Å². The number of nitriles is 1. The van der Waals surface area contributed by atoms with Crippen LogP contribution in [0.4, 0.5) is 0 Å². The highest BCUT2D eigenvalue weighted by atomic mass is 16.3. The van der Waals surface area contributed by atoms with Crippen molar-refractivity contribution in [2.45, 2.75) is 38.7 Å². The molecule has 1 atom stereocenters. The minimum absolute atomic E-state index is 0.0961. The fraction of sp³-hybridized carbons (Fsp3) is 0.316. The number of benzene rings is 2. The van der Waals surface area contributed by atoms with E-state index in [4.69, 9.17) is 5.26 Å². The molecule has 2 heteroatoms. The van der Waals surface area contributed by atoms with Crippen LogP contribution in [-0.4, -0.2) is 5.11 Å². The number of rotatable bonds is 2. The van der Waals surface area contributed by atoms with Crippen molar-refractivity contribution < 1.29 is 5.11 Å². The van der Waals surface area contributed by atoms with E-state index < -0.39 is 5.60 Å². The maximum absolute atomic E-state index is 10.8. The van der Waals surface area contributed by atoms with Crippen LogP contribution in [0.5, 0.6) is 0 Å². The summed E-state index contributed by atoms with van der Waals surface area (Å²) in [6.07, 6.45) is 0. The highest BCUT2D eigenvalue weighted by Crippen LogP contribution is 2.31. The van der Waals surface area contributed by atoms with E-state index >= 15 is 0 Å². The summed E-state index contributed by atoms with van der Waals surface area (Å²) in [4.78, 5) is 0. The third-order valence-electron chi connectivity index (χ3n) is 3.89. The molecule has 0 spiro atoms. The molecule has 0 radical (unpaired) electrons. The molecule has 0 fully saturated rings. The Morgan fingerprint density at radius 1 is 0.762 bits per heavy atom. The zero-order valence-corrected chi connectivity index (χ0v) is 13.0. The van der Waals surface area contributed by atoms with Crippen molar-refractivity contribution >= 4 is 0 Å². The van der Waals surface area contributed by atoms with Gasteiger partial charge >= 0.3 is 0 Å². The van der Waals surface area contributed by atoms with E-state index in [2.05, 4.69) is 39.0 Å². The van der Waals surface area contributed by atoms with Crippen molar-refractivity contribution in [3.8, 4) is 6.07 Å². The van der Waals surface area contributed by atoms with E-state index in [1.165, 1.54) is 5.56 Å². The summed E-state index contributed by atoms with van der Waals surface area (Å²) in [5.41, 5.74) is 2.49. The molecule has 21 heavy (non-hydrogen) atoms. The summed E-state index contributed by atoms with van der Waals surface area (Å²) in [6, 6.07) is 17.2. The second-order valence-electron chi connectivity index (χ2n) is 6.59. The van der Waals surface area contributed by atoms with Crippen LogP contribution in [0.1, 0.15) is 49.9 Å². The van der Waals surface area contributed by atoms with Gasteiger partial charge in [0.1, 0.15) is 5.60 Å². The fourth-order valence-electron chi connectivity index (χ4n) is 2.33. The lowest BCUT2D eigenvalue weighted by atomic mass is 9.83. The summed E-state index contributed by atoms with van der Waals surface area (Å²) in [5.74, 6) is 0. The van der Waals surface area contributed by atoms with Crippen LogP contribution in [-0.2, 0) is 11.0 Å². The monoisotopic (exact) mass is 279 g/mol. The average Bonchev–Trinajstić information content (AvgIpc) is 2.46. The quantitative estimate of drug-likeness (QED) is 0.899. The van der Waals surface area contributed by atoms with Gasteiger partial charge < -0.3 is 5.11 Å². The number of nitrogens with zero attached hydrogens (tertiary/aromatic N) is 1. The van der Waals surface area contributed by atoms with Crippen LogP contribution in [0.25, 0.3) is 0 Å². The standard InChI is InChI=1S/C19H21NO/c1-18(2,3)15-9-11-17(12-10-15)19(4,21)16-7-5-14(13-20)6-8-16/h5-12,21H,1-4H3. The van der Waals surface area contributed by atoms with Crippen LogP contribution < -0.4 is 0 Å². The van der Waals surface area contributed by atoms with Crippen LogP contribution in [0.3, 0.4) is 0 Å². The van der Waals surface area contributed by atoms with E-state index in [0.717, 1.165) is 11.1 Å². The maximum atomic E-state index is 10.8. The Bertz CT molecular complexity index is 653. The van der Waals surface area contributed by atoms with Gasteiger partial charge in [0.05, 0.1) is 11.6 Å². The molecule has 0 amide bonds. The Hall–Kier alpha value is -2.11. The van der Waals surface area contributed by atoms with Gasteiger partial charge in [0.15, 0.2) is 0 Å². The molecule has 2 aromatic rings. The van der Waals surface area contributed by atoms with Crippen LogP contribution in [0.15, 0.2) is 48.5 Å². The van der Waals surface area contributed by atoms with Crippen molar-refractivity contribution in [3.05, 3.63) is 70.8 Å². The average molecular weight is 279 g/mol. The van der Waals surface area contributed by atoms with Gasteiger partial charge in [-0.3, -0.25) is 0 Å². The smallest absolute Gasteiger partial charge is 0.112 e. The minimum Gasteiger partial charge on any atom is -0.381 e. The Morgan fingerprint density at radius 3 is 1.52 bits per heavy atom. The van der Waals surface area contributed by atoms with Gasteiger partial charge in [0.25, 0.3) is 0 Å². The highest BCUT2D eigenvalue weighted by molar-refractivity contribution is 5.40. The van der Waals surface area contributed by atoms with E-state index in [9.17, 15) is 5.11 Å². The zero-order chi connectivity index (χ0) is 15.7. The summed E-state index contributed by atoms with van der Waals surface area (Å²) >= 11 is 0. The number of hydrogen-bond donors (Lipinski definition) is 1. The highest BCUT2D eigenvalue weighted by Gasteiger charge is 2.26. The molecule has 0 saturated heterocycles. The molecule has 0 aliphatic heterocycles. The van der Waals surface area contributed by atoms with Crippen molar-refractivity contribution in [1.82, 2.24) is 0 Å². The van der Waals surface area contributed by atoms with Crippen LogP contribution >= 0.6 is 0 Å². The third kappa shape index (κ3) is 3.15. The van der Waals surface area contributed by atoms with Gasteiger partial charge in [-0.15, -0.1) is 0 Å². The van der Waals surface area contributed by atoms with Crippen molar-refractivity contribution in [2.75, 3.05) is 0 Å². The topological polar surface area (TPSA) is 44.0 Å². The zero-order valence-electron chi connectivity index (χ0n) is 13.0. The molecule has 0 saturated carbocycles. The van der Waals surface area contributed by atoms with Crippen LogP contribution in [0.2, 0.25) is 0 Å². The SMILES string of the molecule is CC(C)(C)c1ccc(C(C)(O)c2ccc(C#N)cc2)cc1. The van der Waals surface area contributed by atoms with Crippen molar-refractivity contribution in [3.63, 3.8) is 0 Å². The summed E-state index contributed by atoms with van der Waals surface area (Å²) in [5, 5.41) is 19.7. The molecule has 2 aromatic carbocycles. The predicted molar refractivity (Wildman–Crippen MR) is 85.0 cm³/mol. The minimum atomic E-state index is -1.07. The second-order valence-corrected chi connectivity index (χ2v) is 6.59. The van der Waals surface area contributed by atoms with Gasteiger partial charge in [-0.2, -0.15) is 5.26 Å². The third-order valence-corrected chi connectivity index (χ3v) is 3.89. The summed E-state index contributed by atoms with van der Waals surface area (Å²) < 4.78 is 0. The Balaban J connectivity index is 2.36. The molecule has 2 rings (SSSR count). The summed E-state index contributed by atoms with van der Waals surface area (Å²) in [7, 11) is 0. The van der Waals surface area contributed by atoms with Crippen molar-refractivity contribution in [1.29, 1.82) is 5.26 Å². The molecule has 108 valence electrons. The first-order valence-electron chi connectivity index (χ1n) is 7.09. The normalized spacial score (nSPS) is 14.3. The second kappa shape index (κ2) is 5.35. The molecule has 0 heterocycles. The molecule has 0 aliphatic rings. The van der Waals surface area contributed by atoms with Crippen LogP contribution in [0, 0.1) is 11.3 Å². The van der Waals surface area contributed by atoms with E-state index in [-0.39, 0.29) is 5.41 Å². The van der Waals surface area contributed by atoms with Crippen molar-refractivity contribution in [2.24, 2.45) is 0 Å². The lowest BCUT2D eigenvalue weighted by Crippen LogP contribution is -2.23. The van der Waals surface area contributed by atoms with Gasteiger partial charge in [-0.05, 0) is 41.2 Å². The molecule has 1 N–H and O–H groups in total. The molecule has 1 unspecified atom stereocenters. The number of hydrogen-bond acceptors (Lipinski definition) is 2. The van der Waals surface area contributed by atoms with Gasteiger partial charge in [-0.1, -0.05) is 57.2 Å². The van der Waals surface area contributed by atoms with Gasteiger partial charge in [0.2, 0.25) is 0 Å². The molecule has 2 nitrogen and oxygen atoms in total. The lowest BCUT2D eigenvalue weighted by Gasteiger charge is -2.26. The Kier molecular flexibility index (Phi) is 3.89. The Labute approximate surface area is 126 Å². The van der Waals surface area contributed by atoms with Gasteiger partial charge in [0, 0.05) is 0 Å². The molecular weight excluding hydrogens is 258 g/mol.